The molecule has 0 heterocycles. The number of rotatable bonds is 6. The van der Waals surface area contributed by atoms with Crippen molar-refractivity contribution in [2.24, 2.45) is 17.8 Å². The zero-order valence-electron chi connectivity index (χ0n) is 18.5. The lowest BCUT2D eigenvalue weighted by atomic mass is 9.68. The Balaban J connectivity index is 1.25. The van der Waals surface area contributed by atoms with Gasteiger partial charge in [0.15, 0.2) is 0 Å². The highest BCUT2D eigenvalue weighted by molar-refractivity contribution is 6.30. The molecule has 2 aromatic rings. The summed E-state index contributed by atoms with van der Waals surface area (Å²) in [6, 6.07) is 17.5. The standard InChI is InChI=1S/C29H37Cl/c1-2-3-4-5-22-6-8-23(9-7-22)24-10-12-25(13-11-24)26-14-16-27(17-15-26)28-18-20-29(30)21-19-28/h2-3,14-25H,4-13H2,1H3/b3-2+. The Labute approximate surface area is 188 Å². The first-order valence-electron chi connectivity index (χ1n) is 12.2. The van der Waals surface area contributed by atoms with Gasteiger partial charge in [0.05, 0.1) is 0 Å². The molecule has 0 bridgehead atoms. The van der Waals surface area contributed by atoms with Gasteiger partial charge >= 0.3 is 0 Å². The van der Waals surface area contributed by atoms with Crippen molar-refractivity contribution < 1.29 is 0 Å². The minimum atomic E-state index is 0.762. The molecule has 2 fully saturated rings. The highest BCUT2D eigenvalue weighted by atomic mass is 35.5. The van der Waals surface area contributed by atoms with Gasteiger partial charge in [0.1, 0.15) is 0 Å². The van der Waals surface area contributed by atoms with E-state index < -0.39 is 0 Å². The van der Waals surface area contributed by atoms with Crippen LogP contribution < -0.4 is 0 Å². The molecule has 2 aliphatic carbocycles. The minimum Gasteiger partial charge on any atom is -0.0917 e. The van der Waals surface area contributed by atoms with Gasteiger partial charge in [-0.2, -0.15) is 0 Å². The zero-order chi connectivity index (χ0) is 20.8. The van der Waals surface area contributed by atoms with Crippen LogP contribution in [-0.2, 0) is 0 Å². The molecule has 30 heavy (non-hydrogen) atoms. The van der Waals surface area contributed by atoms with Gasteiger partial charge in [0.25, 0.3) is 0 Å². The first kappa shape index (κ1) is 21.7. The summed E-state index contributed by atoms with van der Waals surface area (Å²) in [6.45, 7) is 2.14. The number of hydrogen-bond acceptors (Lipinski definition) is 0. The molecule has 0 unspecified atom stereocenters. The fraction of sp³-hybridized carbons (Fsp3) is 0.517. The van der Waals surface area contributed by atoms with E-state index in [2.05, 4.69) is 55.5 Å². The van der Waals surface area contributed by atoms with Crippen molar-refractivity contribution >= 4 is 11.6 Å². The second-order valence-corrected chi connectivity index (χ2v) is 10.1. The van der Waals surface area contributed by atoms with E-state index in [4.69, 9.17) is 11.6 Å². The molecule has 160 valence electrons. The summed E-state index contributed by atoms with van der Waals surface area (Å²) in [5.41, 5.74) is 4.07. The van der Waals surface area contributed by atoms with E-state index >= 15 is 0 Å². The number of halogens is 1. The summed E-state index contributed by atoms with van der Waals surface area (Å²) in [7, 11) is 0. The third-order valence-electron chi connectivity index (χ3n) is 7.87. The van der Waals surface area contributed by atoms with Crippen molar-refractivity contribution in [1.82, 2.24) is 0 Å². The van der Waals surface area contributed by atoms with Crippen LogP contribution in [0.2, 0.25) is 5.02 Å². The van der Waals surface area contributed by atoms with Crippen LogP contribution in [0.15, 0.2) is 60.7 Å². The molecule has 1 heteroatoms. The molecule has 0 radical (unpaired) electrons. The van der Waals surface area contributed by atoms with Crippen molar-refractivity contribution in [2.45, 2.75) is 77.0 Å². The number of benzene rings is 2. The maximum Gasteiger partial charge on any atom is 0.0406 e. The molecule has 2 saturated carbocycles. The molecule has 0 spiro atoms. The first-order valence-corrected chi connectivity index (χ1v) is 12.6. The maximum atomic E-state index is 6.02. The van der Waals surface area contributed by atoms with E-state index in [0.29, 0.717) is 0 Å². The van der Waals surface area contributed by atoms with Gasteiger partial charge in [-0.05, 0) is 111 Å². The SMILES string of the molecule is C/C=C/CCC1CCC(C2CCC(c3ccc(-c4ccc(Cl)cc4)cc3)CC2)CC1. The van der Waals surface area contributed by atoms with Crippen LogP contribution >= 0.6 is 11.6 Å². The highest BCUT2D eigenvalue weighted by Gasteiger charge is 2.31. The van der Waals surface area contributed by atoms with Crippen molar-refractivity contribution in [3.8, 4) is 11.1 Å². The van der Waals surface area contributed by atoms with E-state index in [0.717, 1.165) is 28.7 Å². The number of allylic oxidation sites excluding steroid dienone is 2. The Morgan fingerprint density at radius 1 is 0.733 bits per heavy atom. The monoisotopic (exact) mass is 420 g/mol. The van der Waals surface area contributed by atoms with Gasteiger partial charge in [0.2, 0.25) is 0 Å². The maximum absolute atomic E-state index is 6.02. The lowest BCUT2D eigenvalue weighted by Gasteiger charge is -2.38. The van der Waals surface area contributed by atoms with Gasteiger partial charge in [-0.1, -0.05) is 73.0 Å². The highest BCUT2D eigenvalue weighted by Crippen LogP contribution is 2.44. The first-order chi connectivity index (χ1) is 14.7. The van der Waals surface area contributed by atoms with Crippen molar-refractivity contribution in [2.75, 3.05) is 0 Å². The second-order valence-electron chi connectivity index (χ2n) is 9.67. The Bertz CT molecular complexity index is 785. The van der Waals surface area contributed by atoms with Gasteiger partial charge in [-0.25, -0.2) is 0 Å². The Kier molecular flexibility index (Phi) is 7.72. The van der Waals surface area contributed by atoms with E-state index in [9.17, 15) is 0 Å². The molecular weight excluding hydrogens is 384 g/mol. The molecule has 2 aromatic carbocycles. The molecule has 0 saturated heterocycles. The molecule has 0 N–H and O–H groups in total. The van der Waals surface area contributed by atoms with Crippen LogP contribution in [0.4, 0.5) is 0 Å². The van der Waals surface area contributed by atoms with Crippen LogP contribution in [0.1, 0.15) is 82.6 Å². The predicted octanol–water partition coefficient (Wildman–Crippen LogP) is 9.44. The lowest BCUT2D eigenvalue weighted by Crippen LogP contribution is -2.25. The average Bonchev–Trinajstić information content (AvgIpc) is 2.81. The molecular formula is C29H37Cl. The Morgan fingerprint density at radius 2 is 1.27 bits per heavy atom. The van der Waals surface area contributed by atoms with E-state index in [-0.39, 0.29) is 0 Å². The zero-order valence-corrected chi connectivity index (χ0v) is 19.3. The number of hydrogen-bond donors (Lipinski definition) is 0. The second kappa shape index (κ2) is 10.7. The van der Waals surface area contributed by atoms with Gasteiger partial charge in [-0.3, -0.25) is 0 Å². The van der Waals surface area contributed by atoms with Crippen LogP contribution in [-0.4, -0.2) is 0 Å². The smallest absolute Gasteiger partial charge is 0.0406 e. The topological polar surface area (TPSA) is 0 Å². The minimum absolute atomic E-state index is 0.762. The van der Waals surface area contributed by atoms with Gasteiger partial charge in [-0.15, -0.1) is 0 Å². The van der Waals surface area contributed by atoms with Crippen molar-refractivity contribution in [3.63, 3.8) is 0 Å². The Hall–Kier alpha value is -1.53. The fourth-order valence-electron chi connectivity index (χ4n) is 5.96. The average molecular weight is 421 g/mol. The third kappa shape index (κ3) is 5.58. The van der Waals surface area contributed by atoms with E-state index in [1.54, 1.807) is 5.56 Å². The van der Waals surface area contributed by atoms with E-state index in [1.165, 1.54) is 75.3 Å². The van der Waals surface area contributed by atoms with Crippen LogP contribution in [0, 0.1) is 17.8 Å². The normalized spacial score (nSPS) is 27.4. The summed E-state index contributed by atoms with van der Waals surface area (Å²) in [4.78, 5) is 0. The van der Waals surface area contributed by atoms with Gasteiger partial charge in [0, 0.05) is 5.02 Å². The predicted molar refractivity (Wildman–Crippen MR) is 131 cm³/mol. The van der Waals surface area contributed by atoms with Crippen LogP contribution in [0.5, 0.6) is 0 Å². The molecule has 0 atom stereocenters. The summed E-state index contributed by atoms with van der Waals surface area (Å²) in [5.74, 6) is 3.76. The van der Waals surface area contributed by atoms with Crippen LogP contribution in [0.25, 0.3) is 11.1 Å². The largest absolute Gasteiger partial charge is 0.0917 e. The molecule has 0 aromatic heterocycles. The fourth-order valence-corrected chi connectivity index (χ4v) is 6.09. The Morgan fingerprint density at radius 3 is 1.83 bits per heavy atom. The quantitative estimate of drug-likeness (QED) is 0.408. The molecule has 0 amide bonds. The summed E-state index contributed by atoms with van der Waals surface area (Å²) in [6.07, 6.45) is 18.8. The summed E-state index contributed by atoms with van der Waals surface area (Å²) in [5, 5.41) is 0.800. The molecule has 2 aliphatic rings. The summed E-state index contributed by atoms with van der Waals surface area (Å²) >= 11 is 6.02. The molecule has 4 rings (SSSR count). The molecule has 0 nitrogen and oxygen atoms in total. The van der Waals surface area contributed by atoms with Crippen molar-refractivity contribution in [1.29, 1.82) is 0 Å². The van der Waals surface area contributed by atoms with Gasteiger partial charge < -0.3 is 0 Å². The van der Waals surface area contributed by atoms with E-state index in [1.807, 2.05) is 12.1 Å². The summed E-state index contributed by atoms with van der Waals surface area (Å²) < 4.78 is 0. The third-order valence-corrected chi connectivity index (χ3v) is 8.12. The van der Waals surface area contributed by atoms with Crippen molar-refractivity contribution in [3.05, 3.63) is 71.3 Å². The lowest BCUT2D eigenvalue weighted by molar-refractivity contribution is 0.157. The van der Waals surface area contributed by atoms with Crippen LogP contribution in [0.3, 0.4) is 0 Å². The molecule has 0 aliphatic heterocycles.